The Labute approximate surface area is 172 Å². The van der Waals surface area contributed by atoms with Gasteiger partial charge in [-0.2, -0.15) is 0 Å². The van der Waals surface area contributed by atoms with Crippen molar-refractivity contribution in [2.45, 2.75) is 32.2 Å². The van der Waals surface area contributed by atoms with Gasteiger partial charge < -0.3 is 20.3 Å². The number of benzene rings is 2. The molecule has 0 aliphatic carbocycles. The zero-order valence-corrected chi connectivity index (χ0v) is 17.0. The number of carbonyl (C=O) groups is 2. The molecular weight excluding hydrogens is 366 g/mol. The molecule has 6 nitrogen and oxygen atoms in total. The van der Waals surface area contributed by atoms with Crippen LogP contribution in [0, 0.1) is 0 Å². The van der Waals surface area contributed by atoms with E-state index in [0.717, 1.165) is 38.0 Å². The number of para-hydroxylation sites is 2. The molecule has 0 aromatic heterocycles. The van der Waals surface area contributed by atoms with Crippen molar-refractivity contribution in [1.82, 2.24) is 4.90 Å². The summed E-state index contributed by atoms with van der Waals surface area (Å²) in [6, 6.07) is 16.9. The van der Waals surface area contributed by atoms with Gasteiger partial charge >= 0.3 is 0 Å². The first kappa shape index (κ1) is 20.9. The van der Waals surface area contributed by atoms with E-state index >= 15 is 0 Å². The molecule has 3 N–H and O–H groups in total. The average Bonchev–Trinajstić information content (AvgIpc) is 3.15. The van der Waals surface area contributed by atoms with E-state index in [1.165, 1.54) is 0 Å². The van der Waals surface area contributed by atoms with Gasteiger partial charge in [0.15, 0.2) is 6.04 Å². The first-order valence-electron chi connectivity index (χ1n) is 10.4. The molecule has 2 amide bonds. The van der Waals surface area contributed by atoms with Crippen molar-refractivity contribution in [2.75, 3.05) is 31.6 Å². The van der Waals surface area contributed by atoms with Crippen molar-refractivity contribution in [3.8, 4) is 5.75 Å². The van der Waals surface area contributed by atoms with E-state index < -0.39 is 0 Å². The average molecular weight is 397 g/mol. The van der Waals surface area contributed by atoms with Gasteiger partial charge in [-0.1, -0.05) is 42.5 Å². The number of ether oxygens (including phenoxy) is 1. The Bertz CT molecular complexity index is 810. The second kappa shape index (κ2) is 10.6. The lowest BCUT2D eigenvalue weighted by Crippen LogP contribution is -2.87. The molecule has 3 rings (SSSR count). The molecule has 1 aliphatic rings. The molecule has 0 saturated carbocycles. The van der Waals surface area contributed by atoms with Gasteiger partial charge in [-0.15, -0.1) is 0 Å². The number of likely N-dealkylation sites (tertiary alicyclic amines) is 1. The lowest BCUT2D eigenvalue weighted by molar-refractivity contribution is -0.682. The number of amides is 2. The van der Waals surface area contributed by atoms with Crippen molar-refractivity contribution in [2.24, 2.45) is 0 Å². The number of nitrogens with zero attached hydrogens (tertiary/aromatic N) is 1. The van der Waals surface area contributed by atoms with E-state index in [1.54, 1.807) is 0 Å². The number of rotatable bonds is 10. The molecule has 1 heterocycles. The SMILES string of the molecule is CCOc1ccccc1NC(=O)[C@H]([NH2+]CCCN1CCCC1=O)c1ccccc1. The summed E-state index contributed by atoms with van der Waals surface area (Å²) in [5.41, 5.74) is 1.63. The number of hydrogen-bond acceptors (Lipinski definition) is 3. The molecule has 29 heavy (non-hydrogen) atoms. The van der Waals surface area contributed by atoms with Crippen LogP contribution < -0.4 is 15.4 Å². The number of nitrogens with one attached hydrogen (secondary N) is 1. The summed E-state index contributed by atoms with van der Waals surface area (Å²) in [6.45, 7) is 4.84. The summed E-state index contributed by atoms with van der Waals surface area (Å²) in [5.74, 6) is 0.832. The zero-order valence-electron chi connectivity index (χ0n) is 17.0. The molecule has 0 radical (unpaired) electrons. The van der Waals surface area contributed by atoms with Crippen molar-refractivity contribution < 1.29 is 19.6 Å². The minimum atomic E-state index is -0.361. The largest absolute Gasteiger partial charge is 0.492 e. The van der Waals surface area contributed by atoms with Crippen LogP contribution in [0.25, 0.3) is 0 Å². The lowest BCUT2D eigenvalue weighted by atomic mass is 10.1. The molecular formula is C23H30N3O3+. The molecule has 0 bridgehead atoms. The minimum Gasteiger partial charge on any atom is -0.492 e. The third-order valence-corrected chi connectivity index (χ3v) is 5.09. The van der Waals surface area contributed by atoms with Crippen LogP contribution in [0.2, 0.25) is 0 Å². The van der Waals surface area contributed by atoms with Gasteiger partial charge in [-0.25, -0.2) is 0 Å². The van der Waals surface area contributed by atoms with Crippen LogP contribution in [0.3, 0.4) is 0 Å². The Morgan fingerprint density at radius 3 is 2.66 bits per heavy atom. The Balaban J connectivity index is 1.64. The highest BCUT2D eigenvalue weighted by Gasteiger charge is 2.25. The van der Waals surface area contributed by atoms with Gasteiger partial charge in [0.05, 0.1) is 18.8 Å². The van der Waals surface area contributed by atoms with Crippen LogP contribution in [0.5, 0.6) is 5.75 Å². The van der Waals surface area contributed by atoms with Gasteiger partial charge in [-0.3, -0.25) is 9.59 Å². The predicted octanol–water partition coefficient (Wildman–Crippen LogP) is 2.34. The van der Waals surface area contributed by atoms with Gasteiger partial charge in [0, 0.05) is 31.5 Å². The monoisotopic (exact) mass is 396 g/mol. The number of quaternary nitrogens is 1. The summed E-state index contributed by atoms with van der Waals surface area (Å²) in [4.78, 5) is 26.8. The van der Waals surface area contributed by atoms with Crippen molar-refractivity contribution >= 4 is 17.5 Å². The Kier molecular flexibility index (Phi) is 7.64. The summed E-state index contributed by atoms with van der Waals surface area (Å²) in [6.07, 6.45) is 2.48. The molecule has 1 saturated heterocycles. The van der Waals surface area contributed by atoms with E-state index in [4.69, 9.17) is 4.74 Å². The van der Waals surface area contributed by atoms with Crippen LogP contribution in [0.4, 0.5) is 5.69 Å². The first-order valence-corrected chi connectivity index (χ1v) is 10.4. The zero-order chi connectivity index (χ0) is 20.5. The van der Waals surface area contributed by atoms with Crippen LogP contribution in [0.15, 0.2) is 54.6 Å². The molecule has 1 fully saturated rings. The standard InChI is InChI=1S/C23H29N3O3/c1-2-29-20-13-7-6-12-19(20)25-23(28)22(18-10-4-3-5-11-18)24-15-9-17-26-16-8-14-21(26)27/h3-7,10-13,22,24H,2,8-9,14-17H2,1H3,(H,25,28)/p+1/t22-/m1/s1. The smallest absolute Gasteiger partial charge is 0.287 e. The highest BCUT2D eigenvalue weighted by Crippen LogP contribution is 2.24. The first-order chi connectivity index (χ1) is 14.2. The molecule has 154 valence electrons. The number of anilines is 1. The van der Waals surface area contributed by atoms with Gasteiger partial charge in [-0.05, 0) is 25.5 Å². The third-order valence-electron chi connectivity index (χ3n) is 5.09. The van der Waals surface area contributed by atoms with Crippen molar-refractivity contribution in [3.05, 3.63) is 60.2 Å². The van der Waals surface area contributed by atoms with E-state index in [2.05, 4.69) is 10.6 Å². The second-order valence-electron chi connectivity index (χ2n) is 7.17. The highest BCUT2D eigenvalue weighted by molar-refractivity contribution is 5.95. The molecule has 6 heteroatoms. The van der Waals surface area contributed by atoms with Crippen molar-refractivity contribution in [3.63, 3.8) is 0 Å². The molecule has 0 unspecified atom stereocenters. The van der Waals surface area contributed by atoms with Crippen molar-refractivity contribution in [1.29, 1.82) is 0 Å². The number of carbonyl (C=O) groups excluding carboxylic acids is 2. The van der Waals surface area contributed by atoms with E-state index in [-0.39, 0.29) is 17.9 Å². The molecule has 2 aromatic rings. The third kappa shape index (κ3) is 5.81. The fourth-order valence-corrected chi connectivity index (χ4v) is 3.62. The highest BCUT2D eigenvalue weighted by atomic mass is 16.5. The molecule has 0 spiro atoms. The van der Waals surface area contributed by atoms with E-state index in [9.17, 15) is 9.59 Å². The quantitative estimate of drug-likeness (QED) is 0.606. The maximum atomic E-state index is 13.1. The van der Waals surface area contributed by atoms with E-state index in [1.807, 2.05) is 66.4 Å². The van der Waals surface area contributed by atoms with Crippen LogP contribution in [-0.4, -0.2) is 43.0 Å². The minimum absolute atomic E-state index is 0.0828. The van der Waals surface area contributed by atoms with Gasteiger partial charge in [0.25, 0.3) is 5.91 Å². The fraction of sp³-hybridized carbons (Fsp3) is 0.391. The topological polar surface area (TPSA) is 75.2 Å². The normalized spacial score (nSPS) is 14.7. The Morgan fingerprint density at radius 2 is 1.93 bits per heavy atom. The maximum Gasteiger partial charge on any atom is 0.287 e. The summed E-state index contributed by atoms with van der Waals surface area (Å²) >= 11 is 0. The predicted molar refractivity (Wildman–Crippen MR) is 113 cm³/mol. The molecule has 1 aliphatic heterocycles. The number of hydrogen-bond donors (Lipinski definition) is 2. The fourth-order valence-electron chi connectivity index (χ4n) is 3.62. The lowest BCUT2D eigenvalue weighted by Gasteiger charge is -2.19. The van der Waals surface area contributed by atoms with Gasteiger partial charge in [0.1, 0.15) is 5.75 Å². The summed E-state index contributed by atoms with van der Waals surface area (Å²) in [7, 11) is 0. The second-order valence-corrected chi connectivity index (χ2v) is 7.17. The summed E-state index contributed by atoms with van der Waals surface area (Å²) < 4.78 is 5.63. The van der Waals surface area contributed by atoms with Crippen LogP contribution in [0.1, 0.15) is 37.8 Å². The molecule has 2 aromatic carbocycles. The van der Waals surface area contributed by atoms with Gasteiger partial charge in [0.2, 0.25) is 5.91 Å². The van der Waals surface area contributed by atoms with Crippen LogP contribution >= 0.6 is 0 Å². The maximum absolute atomic E-state index is 13.1. The number of nitrogens with two attached hydrogens (primary N) is 1. The Morgan fingerprint density at radius 1 is 1.17 bits per heavy atom. The van der Waals surface area contributed by atoms with E-state index in [0.29, 0.717) is 24.5 Å². The van der Waals surface area contributed by atoms with Crippen LogP contribution in [-0.2, 0) is 9.59 Å². The molecule has 1 atom stereocenters. The Hall–Kier alpha value is -2.86. The summed E-state index contributed by atoms with van der Waals surface area (Å²) in [5, 5.41) is 5.07.